The second-order valence-electron chi connectivity index (χ2n) is 5.56. The van der Waals surface area contributed by atoms with Gasteiger partial charge in [-0.3, -0.25) is 4.79 Å². The molecule has 0 aliphatic carbocycles. The van der Waals surface area contributed by atoms with Gasteiger partial charge in [-0.25, -0.2) is 4.68 Å². The quantitative estimate of drug-likeness (QED) is 0.689. The van der Waals surface area contributed by atoms with Crippen molar-refractivity contribution in [1.29, 1.82) is 0 Å². The summed E-state index contributed by atoms with van der Waals surface area (Å²) in [5.74, 6) is -0.218. The van der Waals surface area contributed by atoms with Crippen LogP contribution >= 0.6 is 11.6 Å². The summed E-state index contributed by atoms with van der Waals surface area (Å²) in [6, 6.07) is 12.9. The fourth-order valence-corrected chi connectivity index (χ4v) is 2.74. The van der Waals surface area contributed by atoms with Crippen molar-refractivity contribution in [3.8, 4) is 17.1 Å². The van der Waals surface area contributed by atoms with Gasteiger partial charge in [0.15, 0.2) is 0 Å². The van der Waals surface area contributed by atoms with Gasteiger partial charge >= 0.3 is 0 Å². The zero-order valence-electron chi connectivity index (χ0n) is 14.1. The van der Waals surface area contributed by atoms with Gasteiger partial charge in [0.1, 0.15) is 11.4 Å². The van der Waals surface area contributed by atoms with Crippen molar-refractivity contribution in [2.75, 3.05) is 20.3 Å². The average molecular weight is 359 g/mol. The van der Waals surface area contributed by atoms with Crippen molar-refractivity contribution < 1.29 is 9.53 Å². The van der Waals surface area contributed by atoms with Crippen molar-refractivity contribution in [3.63, 3.8) is 0 Å². The zero-order valence-corrected chi connectivity index (χ0v) is 14.8. The lowest BCUT2D eigenvalue weighted by Crippen LogP contribution is -2.28. The van der Waals surface area contributed by atoms with Gasteiger partial charge in [-0.2, -0.15) is 5.10 Å². The molecule has 0 unspecified atom stereocenters. The number of aromatic nitrogens is 3. The highest BCUT2D eigenvalue weighted by atomic mass is 35.5. The normalized spacial score (nSPS) is 10.8. The molecule has 0 saturated heterocycles. The number of hydrogen-bond acceptors (Lipinski definition) is 3. The number of aryl methyl sites for hydroxylation is 1. The third-order valence-electron chi connectivity index (χ3n) is 3.79. The van der Waals surface area contributed by atoms with Crippen molar-refractivity contribution >= 4 is 17.5 Å². The first-order chi connectivity index (χ1) is 12.1. The summed E-state index contributed by atoms with van der Waals surface area (Å²) < 4.78 is 8.54. The molecule has 2 aromatic heterocycles. The first-order valence-electron chi connectivity index (χ1n) is 7.85. The van der Waals surface area contributed by atoms with Gasteiger partial charge in [-0.15, -0.1) is 0 Å². The Balaban J connectivity index is 2.03. The van der Waals surface area contributed by atoms with E-state index in [1.807, 2.05) is 42.1 Å². The summed E-state index contributed by atoms with van der Waals surface area (Å²) in [6.07, 6.45) is 1.94. The Labute approximate surface area is 151 Å². The lowest BCUT2D eigenvalue weighted by Gasteiger charge is -2.08. The minimum absolute atomic E-state index is 0.218. The Morgan fingerprint density at radius 3 is 2.80 bits per heavy atom. The highest BCUT2D eigenvalue weighted by molar-refractivity contribution is 6.30. The smallest absolute Gasteiger partial charge is 0.270 e. The van der Waals surface area contributed by atoms with Gasteiger partial charge in [-0.1, -0.05) is 17.7 Å². The van der Waals surface area contributed by atoms with E-state index in [1.165, 1.54) is 0 Å². The van der Waals surface area contributed by atoms with E-state index in [-0.39, 0.29) is 5.91 Å². The fourth-order valence-electron chi connectivity index (χ4n) is 2.56. The molecule has 7 heteroatoms. The number of nitrogens with zero attached hydrogens (tertiary/aromatic N) is 3. The molecule has 1 amide bonds. The summed E-state index contributed by atoms with van der Waals surface area (Å²) in [5, 5.41) is 8.04. The van der Waals surface area contributed by atoms with Crippen LogP contribution in [0.4, 0.5) is 0 Å². The van der Waals surface area contributed by atoms with Crippen LogP contribution in [0.5, 0.6) is 0 Å². The molecular weight excluding hydrogens is 340 g/mol. The second kappa shape index (κ2) is 7.55. The van der Waals surface area contributed by atoms with E-state index in [0.717, 1.165) is 11.4 Å². The van der Waals surface area contributed by atoms with Gasteiger partial charge in [0.25, 0.3) is 5.91 Å². The predicted molar refractivity (Wildman–Crippen MR) is 97.2 cm³/mol. The standard InChI is InChI=1S/C18H19ClN4O2/c1-22-9-4-7-16(22)15-12-17(18(24)20-8-10-25-2)23(21-15)14-6-3-5-13(19)11-14/h3-7,9,11-12H,8,10H2,1-2H3,(H,20,24). The van der Waals surface area contributed by atoms with Gasteiger partial charge < -0.3 is 14.6 Å². The maximum Gasteiger partial charge on any atom is 0.270 e. The van der Waals surface area contributed by atoms with E-state index in [2.05, 4.69) is 10.4 Å². The number of nitrogens with one attached hydrogen (secondary N) is 1. The molecule has 0 aliphatic heterocycles. The topological polar surface area (TPSA) is 61.1 Å². The van der Waals surface area contributed by atoms with Crippen LogP contribution in [0.2, 0.25) is 5.02 Å². The number of halogens is 1. The molecule has 0 fully saturated rings. The average Bonchev–Trinajstić information content (AvgIpc) is 3.21. The predicted octanol–water partition coefficient (Wildman–Crippen LogP) is 2.91. The van der Waals surface area contributed by atoms with E-state index in [9.17, 15) is 4.79 Å². The van der Waals surface area contributed by atoms with E-state index < -0.39 is 0 Å². The molecule has 1 N–H and O–H groups in total. The van der Waals surface area contributed by atoms with Crippen molar-refractivity contribution in [3.05, 3.63) is 59.4 Å². The van der Waals surface area contributed by atoms with Gasteiger partial charge in [0, 0.05) is 31.9 Å². The fraction of sp³-hybridized carbons (Fsp3) is 0.222. The second-order valence-corrected chi connectivity index (χ2v) is 6.00. The zero-order chi connectivity index (χ0) is 17.8. The number of amides is 1. The largest absolute Gasteiger partial charge is 0.383 e. The number of carbonyl (C=O) groups excluding carboxylic acids is 1. The number of rotatable bonds is 6. The maximum absolute atomic E-state index is 12.6. The Morgan fingerprint density at radius 1 is 1.28 bits per heavy atom. The van der Waals surface area contributed by atoms with Gasteiger partial charge in [0.05, 0.1) is 18.0 Å². The maximum atomic E-state index is 12.6. The monoisotopic (exact) mass is 358 g/mol. The Hall–Kier alpha value is -2.57. The lowest BCUT2D eigenvalue weighted by molar-refractivity contribution is 0.0929. The number of benzene rings is 1. The lowest BCUT2D eigenvalue weighted by atomic mass is 10.2. The van der Waals surface area contributed by atoms with E-state index >= 15 is 0 Å². The third-order valence-corrected chi connectivity index (χ3v) is 4.03. The van der Waals surface area contributed by atoms with Crippen LogP contribution in [-0.4, -0.2) is 40.5 Å². The molecule has 2 heterocycles. The van der Waals surface area contributed by atoms with Crippen LogP contribution in [0.15, 0.2) is 48.7 Å². The van der Waals surface area contributed by atoms with E-state index in [4.69, 9.17) is 16.3 Å². The Morgan fingerprint density at radius 2 is 2.12 bits per heavy atom. The number of methoxy groups -OCH3 is 1. The summed E-state index contributed by atoms with van der Waals surface area (Å²) in [5.41, 5.74) is 2.80. The minimum Gasteiger partial charge on any atom is -0.383 e. The molecule has 0 saturated carbocycles. The summed E-state index contributed by atoms with van der Waals surface area (Å²) in [4.78, 5) is 12.6. The summed E-state index contributed by atoms with van der Waals surface area (Å²) >= 11 is 6.10. The molecule has 0 aliphatic rings. The van der Waals surface area contributed by atoms with Crippen LogP contribution < -0.4 is 5.32 Å². The summed E-state index contributed by atoms with van der Waals surface area (Å²) in [7, 11) is 3.53. The molecule has 3 rings (SSSR count). The molecule has 0 bridgehead atoms. The van der Waals surface area contributed by atoms with E-state index in [1.54, 1.807) is 30.0 Å². The van der Waals surface area contributed by atoms with Gasteiger partial charge in [0.2, 0.25) is 0 Å². The highest BCUT2D eigenvalue weighted by Gasteiger charge is 2.18. The SMILES string of the molecule is COCCNC(=O)c1cc(-c2cccn2C)nn1-c1cccc(Cl)c1. The van der Waals surface area contributed by atoms with Crippen molar-refractivity contribution in [2.24, 2.45) is 7.05 Å². The molecule has 1 aromatic carbocycles. The molecule has 6 nitrogen and oxygen atoms in total. The molecule has 25 heavy (non-hydrogen) atoms. The highest BCUT2D eigenvalue weighted by Crippen LogP contribution is 2.23. The number of ether oxygens (including phenoxy) is 1. The van der Waals surface area contributed by atoms with Crippen molar-refractivity contribution in [2.45, 2.75) is 0 Å². The molecule has 3 aromatic rings. The molecule has 0 radical (unpaired) electrons. The molecule has 0 spiro atoms. The third kappa shape index (κ3) is 3.75. The molecule has 130 valence electrons. The Bertz CT molecular complexity index is 885. The summed E-state index contributed by atoms with van der Waals surface area (Å²) in [6.45, 7) is 0.872. The van der Waals surface area contributed by atoms with Crippen LogP contribution in [0.1, 0.15) is 10.5 Å². The van der Waals surface area contributed by atoms with Crippen molar-refractivity contribution in [1.82, 2.24) is 19.7 Å². The minimum atomic E-state index is -0.218. The van der Waals surface area contributed by atoms with Crippen LogP contribution in [0, 0.1) is 0 Å². The Kier molecular flexibility index (Phi) is 5.21. The molecule has 0 atom stereocenters. The first-order valence-corrected chi connectivity index (χ1v) is 8.23. The molecular formula is C18H19ClN4O2. The number of hydrogen-bond donors (Lipinski definition) is 1. The van der Waals surface area contributed by atoms with Crippen LogP contribution in [-0.2, 0) is 11.8 Å². The van der Waals surface area contributed by atoms with E-state index in [0.29, 0.717) is 29.6 Å². The first kappa shape index (κ1) is 17.3. The number of carbonyl (C=O) groups is 1. The van der Waals surface area contributed by atoms with Gasteiger partial charge in [-0.05, 0) is 36.4 Å². The van der Waals surface area contributed by atoms with Crippen LogP contribution in [0.25, 0.3) is 17.1 Å². The van der Waals surface area contributed by atoms with Crippen LogP contribution in [0.3, 0.4) is 0 Å².